The van der Waals surface area contributed by atoms with Crippen LogP contribution in [0.1, 0.15) is 11.4 Å². The molecule has 0 saturated carbocycles. The minimum atomic E-state index is -0.125. The minimum Gasteiger partial charge on any atom is -0.268 e. The summed E-state index contributed by atoms with van der Waals surface area (Å²) < 4.78 is 3.29. The number of rotatable bonds is 3. The largest absolute Gasteiger partial charge is 0.268 e. The summed E-state index contributed by atoms with van der Waals surface area (Å²) in [5, 5.41) is 1.24. The van der Waals surface area contributed by atoms with Gasteiger partial charge >= 0.3 is 0 Å². The van der Waals surface area contributed by atoms with E-state index in [2.05, 4.69) is 31.9 Å². The molecule has 1 heterocycles. The van der Waals surface area contributed by atoms with Crippen LogP contribution in [0, 0.1) is 0 Å². The highest BCUT2D eigenvalue weighted by Gasteiger charge is 2.13. The molecule has 0 unspecified atom stereocenters. The molecule has 3 aromatic carbocycles. The van der Waals surface area contributed by atoms with Crippen LogP contribution in [0.3, 0.4) is 0 Å². The molecule has 0 spiro atoms. The van der Waals surface area contributed by atoms with Gasteiger partial charge in [-0.3, -0.25) is 9.36 Å². The van der Waals surface area contributed by atoms with E-state index in [1.807, 2.05) is 72.8 Å². The number of hydrogen-bond donors (Lipinski definition) is 0. The van der Waals surface area contributed by atoms with Gasteiger partial charge in [-0.05, 0) is 70.0 Å². The predicted octanol–water partition coefficient (Wildman–Crippen LogP) is 6.73. The van der Waals surface area contributed by atoms with Gasteiger partial charge in [0.1, 0.15) is 5.82 Å². The molecule has 1 aromatic heterocycles. The molecular weight excluding hydrogens is 504 g/mol. The Hall–Kier alpha value is -2.21. The summed E-state index contributed by atoms with van der Waals surface area (Å²) in [5.41, 5.74) is 2.21. The Kier molecular flexibility index (Phi) is 5.49. The molecule has 0 aliphatic heterocycles. The monoisotopic (exact) mass is 514 g/mol. The summed E-state index contributed by atoms with van der Waals surface area (Å²) >= 11 is 13.0. The fraction of sp³-hybridized carbons (Fsp3) is 0. The van der Waals surface area contributed by atoms with Gasteiger partial charge in [0.25, 0.3) is 5.56 Å². The first kappa shape index (κ1) is 19.1. The number of hydrogen-bond acceptors (Lipinski definition) is 2. The first-order valence-electron chi connectivity index (χ1n) is 8.44. The number of fused-ring (bicyclic) bond motifs is 1. The van der Waals surface area contributed by atoms with Gasteiger partial charge in [0, 0.05) is 14.0 Å². The molecule has 0 atom stereocenters. The molecule has 0 aliphatic carbocycles. The number of nitrogens with zero attached hydrogens (tertiary/aromatic N) is 2. The zero-order valence-electron chi connectivity index (χ0n) is 14.4. The Bertz CT molecular complexity index is 1260. The average molecular weight is 517 g/mol. The maximum absolute atomic E-state index is 13.3. The minimum absolute atomic E-state index is 0.125. The third-order valence-electron chi connectivity index (χ3n) is 4.25. The molecule has 28 heavy (non-hydrogen) atoms. The summed E-state index contributed by atoms with van der Waals surface area (Å²) in [6.07, 6.45) is 3.75. The van der Waals surface area contributed by atoms with Crippen LogP contribution in [0.25, 0.3) is 28.7 Å². The van der Waals surface area contributed by atoms with E-state index in [1.165, 1.54) is 0 Å². The predicted molar refractivity (Wildman–Crippen MR) is 123 cm³/mol. The summed E-state index contributed by atoms with van der Waals surface area (Å²) in [6.45, 7) is 0. The number of halogens is 3. The van der Waals surface area contributed by atoms with Gasteiger partial charge in [-0.1, -0.05) is 57.9 Å². The lowest BCUT2D eigenvalue weighted by atomic mass is 10.2. The molecule has 6 heteroatoms. The second kappa shape index (κ2) is 8.03. The van der Waals surface area contributed by atoms with Crippen molar-refractivity contribution >= 4 is 66.5 Å². The van der Waals surface area contributed by atoms with Crippen LogP contribution >= 0.6 is 43.5 Å². The Labute approximate surface area is 183 Å². The van der Waals surface area contributed by atoms with Gasteiger partial charge in [-0.15, -0.1) is 0 Å². The van der Waals surface area contributed by atoms with E-state index in [-0.39, 0.29) is 5.56 Å². The summed E-state index contributed by atoms with van der Waals surface area (Å²) in [6, 6.07) is 20.5. The highest BCUT2D eigenvalue weighted by Crippen LogP contribution is 2.26. The first-order chi connectivity index (χ1) is 13.5. The summed E-state index contributed by atoms with van der Waals surface area (Å²) in [7, 11) is 0. The van der Waals surface area contributed by atoms with Gasteiger partial charge in [-0.25, -0.2) is 4.98 Å². The van der Waals surface area contributed by atoms with Crippen molar-refractivity contribution in [1.82, 2.24) is 9.55 Å². The van der Waals surface area contributed by atoms with Crippen molar-refractivity contribution in [3.63, 3.8) is 0 Å². The molecule has 0 N–H and O–H groups in total. The van der Waals surface area contributed by atoms with E-state index in [9.17, 15) is 4.79 Å². The maximum atomic E-state index is 13.3. The van der Waals surface area contributed by atoms with E-state index in [0.29, 0.717) is 27.4 Å². The average Bonchev–Trinajstić information content (AvgIpc) is 2.70. The quantitative estimate of drug-likeness (QED) is 0.303. The normalized spacial score (nSPS) is 11.4. The Morgan fingerprint density at radius 3 is 2.46 bits per heavy atom. The van der Waals surface area contributed by atoms with Gasteiger partial charge in [0.2, 0.25) is 0 Å². The van der Waals surface area contributed by atoms with Crippen molar-refractivity contribution in [1.29, 1.82) is 0 Å². The standard InChI is InChI=1S/C22H13Br2ClN2O/c23-15-8-11-18(24)20(13-15)27-21(12-7-14-5-9-16(25)10-6-14)26-19-4-2-1-3-17(19)22(27)28/h1-13H. The Morgan fingerprint density at radius 1 is 0.929 bits per heavy atom. The molecule has 0 bridgehead atoms. The molecule has 0 fully saturated rings. The topological polar surface area (TPSA) is 34.9 Å². The van der Waals surface area contributed by atoms with E-state index in [1.54, 1.807) is 10.6 Å². The molecule has 0 saturated heterocycles. The molecule has 0 radical (unpaired) electrons. The molecule has 138 valence electrons. The van der Waals surface area contributed by atoms with Crippen LogP contribution in [0.2, 0.25) is 5.02 Å². The second-order valence-corrected chi connectivity index (χ2v) is 8.31. The van der Waals surface area contributed by atoms with Crippen LogP contribution in [0.15, 0.2) is 80.5 Å². The zero-order chi connectivity index (χ0) is 19.7. The van der Waals surface area contributed by atoms with Crippen LogP contribution in [0.4, 0.5) is 0 Å². The van der Waals surface area contributed by atoms with E-state index < -0.39 is 0 Å². The highest BCUT2D eigenvalue weighted by atomic mass is 79.9. The molecular formula is C22H13Br2ClN2O. The van der Waals surface area contributed by atoms with Gasteiger partial charge in [0.05, 0.1) is 16.6 Å². The Morgan fingerprint density at radius 2 is 1.68 bits per heavy atom. The van der Waals surface area contributed by atoms with E-state index in [0.717, 1.165) is 14.5 Å². The second-order valence-electron chi connectivity index (χ2n) is 6.11. The molecule has 4 rings (SSSR count). The maximum Gasteiger partial charge on any atom is 0.266 e. The molecule has 4 aromatic rings. The summed E-state index contributed by atoms with van der Waals surface area (Å²) in [4.78, 5) is 18.0. The van der Waals surface area contributed by atoms with Gasteiger partial charge in [-0.2, -0.15) is 0 Å². The number of benzene rings is 3. The third-order valence-corrected chi connectivity index (χ3v) is 5.66. The van der Waals surface area contributed by atoms with Crippen LogP contribution < -0.4 is 5.56 Å². The Balaban J connectivity index is 1.97. The van der Waals surface area contributed by atoms with E-state index >= 15 is 0 Å². The first-order valence-corrected chi connectivity index (χ1v) is 10.4. The summed E-state index contributed by atoms with van der Waals surface area (Å²) in [5.74, 6) is 0.539. The van der Waals surface area contributed by atoms with Crippen LogP contribution in [-0.4, -0.2) is 9.55 Å². The SMILES string of the molecule is O=c1c2ccccc2nc(C=Cc2ccc(Cl)cc2)n1-c1cc(Br)ccc1Br. The zero-order valence-corrected chi connectivity index (χ0v) is 18.4. The van der Waals surface area contributed by atoms with Crippen molar-refractivity contribution in [3.8, 4) is 5.69 Å². The fourth-order valence-corrected chi connectivity index (χ4v) is 3.80. The highest BCUT2D eigenvalue weighted by molar-refractivity contribution is 9.11. The lowest BCUT2D eigenvalue weighted by Crippen LogP contribution is -2.22. The van der Waals surface area contributed by atoms with Gasteiger partial charge in [0.15, 0.2) is 0 Å². The van der Waals surface area contributed by atoms with Crippen molar-refractivity contribution in [2.75, 3.05) is 0 Å². The smallest absolute Gasteiger partial charge is 0.266 e. The van der Waals surface area contributed by atoms with Crippen LogP contribution in [-0.2, 0) is 0 Å². The van der Waals surface area contributed by atoms with Crippen molar-refractivity contribution in [2.45, 2.75) is 0 Å². The number of aromatic nitrogens is 2. The molecule has 0 aliphatic rings. The van der Waals surface area contributed by atoms with Gasteiger partial charge < -0.3 is 0 Å². The van der Waals surface area contributed by atoms with Crippen molar-refractivity contribution < 1.29 is 0 Å². The van der Waals surface area contributed by atoms with Crippen molar-refractivity contribution in [3.05, 3.63) is 102 Å². The fourth-order valence-electron chi connectivity index (χ4n) is 2.90. The molecule has 3 nitrogen and oxygen atoms in total. The van der Waals surface area contributed by atoms with Crippen LogP contribution in [0.5, 0.6) is 0 Å². The lowest BCUT2D eigenvalue weighted by Gasteiger charge is -2.13. The van der Waals surface area contributed by atoms with E-state index in [4.69, 9.17) is 16.6 Å². The van der Waals surface area contributed by atoms with Crippen molar-refractivity contribution in [2.24, 2.45) is 0 Å². The molecule has 0 amide bonds. The number of para-hydroxylation sites is 1. The lowest BCUT2D eigenvalue weighted by molar-refractivity contribution is 0.938. The third kappa shape index (κ3) is 3.83.